The largest absolute Gasteiger partial charge is 1.00 e. The maximum Gasteiger partial charge on any atom is 0.762 e. The van der Waals surface area contributed by atoms with E-state index in [9.17, 15) is 25.9 Å². The average Bonchev–Trinajstić information content (AvgIpc) is 2.92. The fraction of sp³-hybridized carbons (Fsp3) is 1.00. The van der Waals surface area contributed by atoms with Crippen molar-refractivity contribution in [1.29, 1.82) is 0 Å². The summed E-state index contributed by atoms with van der Waals surface area (Å²) in [6.07, 6.45) is 25.6. The number of ether oxygens (including phenoxy) is 2. The number of nitrogens with zero attached hydrogens (tertiary/aromatic N) is 2. The molecule has 0 fully saturated rings. The molecule has 0 radical (unpaired) electrons. The first-order valence-corrected chi connectivity index (χ1v) is 18.2. The molecular weight excluding hydrogens is 642 g/mol. The topological polar surface area (TPSA) is 18.5 Å². The van der Waals surface area contributed by atoms with Gasteiger partial charge in [-0.1, -0.05) is 77.0 Å². The number of rotatable bonds is 29. The fourth-order valence-electron chi connectivity index (χ4n) is 5.16. The molecule has 0 aromatic rings. The van der Waals surface area contributed by atoms with Crippen LogP contribution in [0.4, 0.5) is 25.9 Å². The normalized spacial score (nSPS) is 11.2. The molecule has 0 aromatic heterocycles. The van der Waals surface area contributed by atoms with Gasteiger partial charge in [-0.15, -0.1) is 0 Å². The number of hydrogen-bond acceptors (Lipinski definition) is 2. The van der Waals surface area contributed by atoms with Gasteiger partial charge in [0.15, 0.2) is 0 Å². The van der Waals surface area contributed by atoms with Crippen LogP contribution in [0, 0.1) is 0 Å². The number of quaternary nitrogens is 2. The maximum absolute atomic E-state index is 9.67. The third-order valence-electron chi connectivity index (χ3n) is 8.03. The lowest BCUT2D eigenvalue weighted by atomic mass is 10.1. The van der Waals surface area contributed by atoms with Gasteiger partial charge in [-0.2, -0.15) is 0 Å². The molecule has 0 aliphatic carbocycles. The van der Waals surface area contributed by atoms with Crippen LogP contribution < -0.4 is 9.41 Å². The van der Waals surface area contributed by atoms with Gasteiger partial charge >= 0.3 is 15.1 Å². The lowest BCUT2D eigenvalue weighted by Gasteiger charge is -2.36. The van der Waals surface area contributed by atoms with Crippen molar-refractivity contribution in [2.75, 3.05) is 67.6 Å². The van der Waals surface area contributed by atoms with Crippen LogP contribution in [0.1, 0.15) is 143 Å². The molecule has 0 heterocycles. The van der Waals surface area contributed by atoms with E-state index in [4.69, 9.17) is 9.47 Å². The summed E-state index contributed by atoms with van der Waals surface area (Å²) in [7, 11) is 2.45. The van der Waals surface area contributed by atoms with Gasteiger partial charge in [-0.3, -0.25) is 25.9 Å². The minimum atomic E-state index is -3.67. The number of unbranched alkanes of at least 4 members (excludes halogenated alkanes) is 16. The van der Waals surface area contributed by atoms with Crippen molar-refractivity contribution < 1.29 is 53.7 Å². The molecule has 0 saturated heterocycles. The molecule has 0 amide bonds. The molecule has 0 aromatic carbocycles. The molecule has 0 aliphatic heterocycles. The van der Waals surface area contributed by atoms with E-state index in [1.54, 1.807) is 0 Å². The highest BCUT2D eigenvalue weighted by molar-refractivity contribution is 6.33. The minimum absolute atomic E-state index is 0. The van der Waals surface area contributed by atoms with E-state index in [-0.39, 0.29) is 9.41 Å². The molecule has 0 bridgehead atoms. The number of likely N-dealkylation sites (N-methyl/N-ethyl adjacent to an activating group) is 2. The van der Waals surface area contributed by atoms with Crippen LogP contribution in [0.3, 0.4) is 0 Å². The molecule has 48 heavy (non-hydrogen) atoms. The lowest BCUT2D eigenvalue weighted by molar-refractivity contribution is -0.946. The van der Waals surface area contributed by atoms with Gasteiger partial charge in [0.2, 0.25) is 0 Å². The summed E-state index contributed by atoms with van der Waals surface area (Å²) in [6, 6.07) is 0. The summed E-state index contributed by atoms with van der Waals surface area (Å²) in [4.78, 5) is 0. The first-order chi connectivity index (χ1) is 21.5. The van der Waals surface area contributed by atoms with Gasteiger partial charge < -0.3 is 27.8 Å². The minimum Gasteiger partial charge on any atom is -1.00 e. The Bertz CT molecular complexity index is 558. The van der Waals surface area contributed by atoms with Crippen molar-refractivity contribution in [1.82, 2.24) is 0 Å². The van der Waals surface area contributed by atoms with E-state index in [0.717, 1.165) is 13.2 Å². The van der Waals surface area contributed by atoms with Crippen molar-refractivity contribution in [3.05, 3.63) is 0 Å². The van der Waals surface area contributed by atoms with Crippen molar-refractivity contribution in [2.24, 2.45) is 0 Å². The van der Waals surface area contributed by atoms with Gasteiger partial charge in [0.25, 0.3) is 0 Å². The van der Waals surface area contributed by atoms with Crippen LogP contribution in [0.5, 0.6) is 0 Å². The van der Waals surface area contributed by atoms with Crippen molar-refractivity contribution in [2.45, 2.75) is 155 Å². The molecule has 0 spiro atoms. The zero-order chi connectivity index (χ0) is 35.7. The molecule has 14 heteroatoms. The predicted octanol–water partition coefficient (Wildman–Crippen LogP) is 4.78. The second-order valence-electron chi connectivity index (χ2n) is 14.5. The predicted molar refractivity (Wildman–Crippen MR) is 187 cm³/mol. The van der Waals surface area contributed by atoms with Crippen molar-refractivity contribution >= 4 is 15.1 Å². The van der Waals surface area contributed by atoms with Crippen LogP contribution in [0.2, 0.25) is 0 Å². The summed E-state index contributed by atoms with van der Waals surface area (Å²) in [5.74, 6) is 0. The highest BCUT2D eigenvalue weighted by Crippen LogP contribution is 2.14. The quantitative estimate of drug-likeness (QED) is 0.0481. The van der Waals surface area contributed by atoms with Gasteiger partial charge in [0.05, 0.1) is 53.5 Å². The molecule has 0 N–H and O–H groups in total. The third kappa shape index (κ3) is 60.7. The van der Waals surface area contributed by atoms with E-state index < -0.39 is 15.1 Å². The van der Waals surface area contributed by atoms with Crippen LogP contribution in [0.15, 0.2) is 0 Å². The van der Waals surface area contributed by atoms with E-state index in [1.165, 1.54) is 151 Å². The zero-order valence-electron chi connectivity index (χ0n) is 32.0. The highest BCUT2D eigenvalue weighted by Gasteiger charge is 2.22. The second-order valence-corrected chi connectivity index (χ2v) is 14.5. The zero-order valence-corrected chi connectivity index (χ0v) is 32.0. The monoisotopic (exact) mass is 717 g/mol. The van der Waals surface area contributed by atoms with E-state index in [1.807, 2.05) is 0 Å². The van der Waals surface area contributed by atoms with E-state index in [2.05, 4.69) is 55.9 Å². The molecule has 0 atom stereocenters. The molecule has 0 rings (SSSR count). The van der Waals surface area contributed by atoms with Crippen LogP contribution in [0.25, 0.3) is 0 Å². The Morgan fingerprint density at radius 3 is 0.771 bits per heavy atom. The molecular formula is C34H74B2F8N2O2. The number of hydrogen-bond donors (Lipinski definition) is 0. The van der Waals surface area contributed by atoms with Gasteiger partial charge in [0, 0.05) is 13.2 Å². The Morgan fingerprint density at radius 1 is 0.375 bits per heavy atom. The van der Waals surface area contributed by atoms with Crippen LogP contribution in [-0.4, -0.2) is 104 Å². The standard InChI is InChI=1S/C34H74N2O2.2BF3.2FH/c1-33(2)37-31-25-21-17-13-9-11-15-19-23-27-35(5,6)29-30-36(7,8)28-24-20-16-12-10-14-18-22-26-32-38-34(3)4;2*2-1(3)4;;/h33-34H,9-32H2,1-8H3;;;2*1H/q+2;;;;/p-2. The third-order valence-corrected chi connectivity index (χ3v) is 8.03. The molecule has 0 saturated carbocycles. The number of halogens is 8. The summed E-state index contributed by atoms with van der Waals surface area (Å²) < 4.78 is 71.6. The van der Waals surface area contributed by atoms with Gasteiger partial charge in [-0.25, -0.2) is 0 Å². The van der Waals surface area contributed by atoms with Crippen LogP contribution >= 0.6 is 0 Å². The molecule has 294 valence electrons. The lowest BCUT2D eigenvalue weighted by Crippen LogP contribution is -3.00. The fourth-order valence-corrected chi connectivity index (χ4v) is 5.16. The van der Waals surface area contributed by atoms with E-state index >= 15 is 0 Å². The van der Waals surface area contributed by atoms with E-state index in [0.29, 0.717) is 12.2 Å². The maximum atomic E-state index is 9.67. The SMILES string of the molecule is CC(C)OCCCCCCCCCCC[N+](C)(C)CC[N+](C)(C)CCCCCCCCCCCOC(C)C.FB(F)F.FB(F)F.[F-].[F-]. The van der Waals surface area contributed by atoms with Crippen molar-refractivity contribution in [3.63, 3.8) is 0 Å². The first kappa shape index (κ1) is 56.8. The Balaban J connectivity index is -0.000000550. The van der Waals surface area contributed by atoms with Gasteiger partial charge in [0.1, 0.15) is 13.1 Å². The summed E-state index contributed by atoms with van der Waals surface area (Å²) in [5.41, 5.74) is 0. The Kier molecular flexibility index (Phi) is 46.4. The van der Waals surface area contributed by atoms with Crippen LogP contribution in [-0.2, 0) is 9.47 Å². The average molecular weight is 717 g/mol. The molecule has 4 nitrogen and oxygen atoms in total. The molecule has 0 aliphatic rings. The van der Waals surface area contributed by atoms with Crippen molar-refractivity contribution in [3.8, 4) is 0 Å². The summed E-state index contributed by atoms with van der Waals surface area (Å²) >= 11 is 0. The van der Waals surface area contributed by atoms with Gasteiger partial charge in [-0.05, 0) is 66.2 Å². The summed E-state index contributed by atoms with van der Waals surface area (Å²) in [5, 5.41) is 0. The highest BCUT2D eigenvalue weighted by atomic mass is 19.4. The Labute approximate surface area is 291 Å². The Morgan fingerprint density at radius 2 is 0.562 bits per heavy atom. The second kappa shape index (κ2) is 39.2. The molecule has 0 unspecified atom stereocenters. The Hall–Kier alpha value is -0.590. The first-order valence-electron chi connectivity index (χ1n) is 18.2. The summed E-state index contributed by atoms with van der Waals surface area (Å²) in [6.45, 7) is 15.7. The smallest absolute Gasteiger partial charge is 0.762 e.